The number of esters is 1. The third kappa shape index (κ3) is 8.42. The summed E-state index contributed by atoms with van der Waals surface area (Å²) in [6.07, 6.45) is 4.29. The fourth-order valence-electron chi connectivity index (χ4n) is 2.63. The summed E-state index contributed by atoms with van der Waals surface area (Å²) in [5, 5.41) is 3.38. The number of carbonyl (C=O) groups is 1. The minimum Gasteiger partial charge on any atom is -0.465 e. The fraction of sp³-hybridized carbons (Fsp3) is 0.941. The summed E-state index contributed by atoms with van der Waals surface area (Å²) < 4.78 is 5.24. The predicted molar refractivity (Wildman–Crippen MR) is 89.6 cm³/mol. The quantitative estimate of drug-likeness (QED) is 0.562. The van der Waals surface area contributed by atoms with Crippen molar-refractivity contribution in [2.24, 2.45) is 0 Å². The van der Waals surface area contributed by atoms with Gasteiger partial charge >= 0.3 is 5.97 Å². The summed E-state index contributed by atoms with van der Waals surface area (Å²) in [4.78, 5) is 14.7. The summed E-state index contributed by atoms with van der Waals surface area (Å²) in [5.41, 5.74) is -0.575. The number of ether oxygens (including phenoxy) is 1. The zero-order chi connectivity index (χ0) is 16.3. The van der Waals surface area contributed by atoms with Crippen LogP contribution in [0.1, 0.15) is 67.2 Å². The minimum absolute atomic E-state index is 0.129. The Morgan fingerprint density at radius 1 is 1.19 bits per heavy atom. The molecular weight excluding hydrogens is 264 g/mol. The van der Waals surface area contributed by atoms with Crippen molar-refractivity contribution in [2.45, 2.75) is 78.8 Å². The van der Waals surface area contributed by atoms with Gasteiger partial charge in [0.25, 0.3) is 0 Å². The average Bonchev–Trinajstić information content (AvgIpc) is 2.42. The molecule has 0 amide bonds. The molecule has 0 rings (SSSR count). The number of hydrogen-bond donors (Lipinski definition) is 1. The maximum absolute atomic E-state index is 12.2. The first-order valence-electron chi connectivity index (χ1n) is 8.56. The smallest absolute Gasteiger partial charge is 0.326 e. The van der Waals surface area contributed by atoms with Crippen LogP contribution in [0.2, 0.25) is 0 Å². The number of carbonyl (C=O) groups excluding carboxylic acids is 1. The Balaban J connectivity index is 4.43. The molecule has 0 radical (unpaired) electrons. The maximum Gasteiger partial charge on any atom is 0.326 e. The van der Waals surface area contributed by atoms with Crippen molar-refractivity contribution in [1.82, 2.24) is 10.2 Å². The Labute approximate surface area is 131 Å². The SMILES string of the molecule is CCCCN(CC)CCCC(C)(NC(C)C)C(=O)OCC. The van der Waals surface area contributed by atoms with Gasteiger partial charge < -0.3 is 9.64 Å². The molecule has 0 bridgehead atoms. The molecule has 4 nitrogen and oxygen atoms in total. The van der Waals surface area contributed by atoms with Crippen LogP contribution in [-0.2, 0) is 9.53 Å². The number of rotatable bonds is 12. The molecule has 21 heavy (non-hydrogen) atoms. The van der Waals surface area contributed by atoms with Crippen molar-refractivity contribution >= 4 is 5.97 Å². The molecule has 4 heteroatoms. The molecule has 0 aliphatic heterocycles. The number of nitrogens with zero attached hydrogens (tertiary/aromatic N) is 1. The van der Waals surface area contributed by atoms with Crippen molar-refractivity contribution in [3.63, 3.8) is 0 Å². The highest BCUT2D eigenvalue weighted by atomic mass is 16.5. The van der Waals surface area contributed by atoms with Crippen LogP contribution >= 0.6 is 0 Å². The lowest BCUT2D eigenvalue weighted by Gasteiger charge is -2.31. The van der Waals surface area contributed by atoms with Crippen LogP contribution in [0.15, 0.2) is 0 Å². The monoisotopic (exact) mass is 300 g/mol. The third-order valence-electron chi connectivity index (χ3n) is 3.76. The van der Waals surface area contributed by atoms with Gasteiger partial charge in [0.15, 0.2) is 0 Å². The molecular formula is C17H36N2O2. The largest absolute Gasteiger partial charge is 0.465 e. The molecule has 0 aromatic carbocycles. The van der Waals surface area contributed by atoms with Crippen molar-refractivity contribution in [3.8, 4) is 0 Å². The van der Waals surface area contributed by atoms with E-state index in [1.807, 2.05) is 13.8 Å². The van der Waals surface area contributed by atoms with Gasteiger partial charge in [-0.2, -0.15) is 0 Å². The highest BCUT2D eigenvalue weighted by molar-refractivity contribution is 5.80. The van der Waals surface area contributed by atoms with E-state index in [4.69, 9.17) is 4.74 Å². The molecule has 1 unspecified atom stereocenters. The number of hydrogen-bond acceptors (Lipinski definition) is 4. The molecule has 0 aromatic rings. The van der Waals surface area contributed by atoms with Gasteiger partial charge in [0, 0.05) is 6.04 Å². The molecule has 0 spiro atoms. The summed E-state index contributed by atoms with van der Waals surface area (Å²) in [5.74, 6) is -0.129. The van der Waals surface area contributed by atoms with Crippen molar-refractivity contribution in [1.29, 1.82) is 0 Å². The van der Waals surface area contributed by atoms with Gasteiger partial charge in [-0.15, -0.1) is 0 Å². The first-order valence-corrected chi connectivity index (χ1v) is 8.56. The Morgan fingerprint density at radius 2 is 1.81 bits per heavy atom. The van der Waals surface area contributed by atoms with E-state index in [0.29, 0.717) is 6.61 Å². The summed E-state index contributed by atoms with van der Waals surface area (Å²) in [6, 6.07) is 0.266. The summed E-state index contributed by atoms with van der Waals surface area (Å²) >= 11 is 0. The second-order valence-corrected chi connectivity index (χ2v) is 6.24. The van der Waals surface area contributed by atoms with Crippen LogP contribution < -0.4 is 5.32 Å². The molecule has 0 saturated heterocycles. The lowest BCUT2D eigenvalue weighted by molar-refractivity contribution is -0.151. The number of unbranched alkanes of at least 4 members (excludes halogenated alkanes) is 1. The van der Waals surface area contributed by atoms with E-state index in [-0.39, 0.29) is 12.0 Å². The van der Waals surface area contributed by atoms with Gasteiger partial charge in [-0.3, -0.25) is 10.1 Å². The highest BCUT2D eigenvalue weighted by Crippen LogP contribution is 2.16. The normalized spacial score (nSPS) is 14.5. The standard InChI is InChI=1S/C17H36N2O2/c1-7-10-13-19(8-2)14-11-12-17(6,18-15(4)5)16(20)21-9-3/h15,18H,7-14H2,1-6H3. The van der Waals surface area contributed by atoms with Crippen LogP contribution in [0.5, 0.6) is 0 Å². The molecule has 0 saturated carbocycles. The van der Waals surface area contributed by atoms with E-state index >= 15 is 0 Å². The first kappa shape index (κ1) is 20.4. The highest BCUT2D eigenvalue weighted by Gasteiger charge is 2.34. The molecule has 0 aliphatic carbocycles. The van der Waals surface area contributed by atoms with E-state index in [1.165, 1.54) is 12.8 Å². The summed E-state index contributed by atoms with van der Waals surface area (Å²) in [6.45, 7) is 16.1. The topological polar surface area (TPSA) is 41.6 Å². The van der Waals surface area contributed by atoms with Crippen LogP contribution in [0.25, 0.3) is 0 Å². The molecule has 0 aliphatic rings. The molecule has 1 atom stereocenters. The van der Waals surface area contributed by atoms with Gasteiger partial charge in [-0.25, -0.2) is 0 Å². The van der Waals surface area contributed by atoms with Gasteiger partial charge in [-0.05, 0) is 66.6 Å². The molecule has 0 aromatic heterocycles. The Hall–Kier alpha value is -0.610. The molecule has 0 heterocycles. The third-order valence-corrected chi connectivity index (χ3v) is 3.76. The van der Waals surface area contributed by atoms with Gasteiger partial charge in [-0.1, -0.05) is 20.3 Å². The van der Waals surface area contributed by atoms with E-state index < -0.39 is 5.54 Å². The lowest BCUT2D eigenvalue weighted by Crippen LogP contribution is -2.53. The Morgan fingerprint density at radius 3 is 2.29 bits per heavy atom. The zero-order valence-corrected chi connectivity index (χ0v) is 15.0. The van der Waals surface area contributed by atoms with E-state index in [9.17, 15) is 4.79 Å². The Kier molecular flexibility index (Phi) is 10.7. The van der Waals surface area contributed by atoms with Gasteiger partial charge in [0.05, 0.1) is 6.61 Å². The molecule has 126 valence electrons. The van der Waals surface area contributed by atoms with Gasteiger partial charge in [0.1, 0.15) is 5.54 Å². The van der Waals surface area contributed by atoms with E-state index in [0.717, 1.165) is 32.5 Å². The predicted octanol–water partition coefficient (Wildman–Crippen LogP) is 3.21. The van der Waals surface area contributed by atoms with Crippen molar-refractivity contribution in [2.75, 3.05) is 26.2 Å². The van der Waals surface area contributed by atoms with E-state index in [1.54, 1.807) is 0 Å². The maximum atomic E-state index is 12.2. The Bertz CT molecular complexity index is 282. The second kappa shape index (κ2) is 11.0. The fourth-order valence-corrected chi connectivity index (χ4v) is 2.63. The molecule has 1 N–H and O–H groups in total. The van der Waals surface area contributed by atoms with Crippen LogP contribution in [-0.4, -0.2) is 48.7 Å². The summed E-state index contributed by atoms with van der Waals surface area (Å²) in [7, 11) is 0. The van der Waals surface area contributed by atoms with Crippen molar-refractivity contribution in [3.05, 3.63) is 0 Å². The molecule has 0 fully saturated rings. The van der Waals surface area contributed by atoms with Crippen LogP contribution in [0.4, 0.5) is 0 Å². The second-order valence-electron chi connectivity index (χ2n) is 6.24. The van der Waals surface area contributed by atoms with Crippen LogP contribution in [0, 0.1) is 0 Å². The lowest BCUT2D eigenvalue weighted by atomic mass is 9.94. The van der Waals surface area contributed by atoms with E-state index in [2.05, 4.69) is 37.9 Å². The first-order chi connectivity index (χ1) is 9.89. The van der Waals surface area contributed by atoms with Crippen molar-refractivity contribution < 1.29 is 9.53 Å². The van der Waals surface area contributed by atoms with Crippen LogP contribution in [0.3, 0.4) is 0 Å². The van der Waals surface area contributed by atoms with Gasteiger partial charge in [0.2, 0.25) is 0 Å². The zero-order valence-electron chi connectivity index (χ0n) is 15.0. The number of nitrogens with one attached hydrogen (secondary N) is 1. The minimum atomic E-state index is -0.575. The average molecular weight is 300 g/mol.